The molecule has 0 saturated heterocycles. The van der Waals surface area contributed by atoms with Crippen molar-refractivity contribution < 1.29 is 13.2 Å². The fourth-order valence-corrected chi connectivity index (χ4v) is 0.643. The Balaban J connectivity index is 3.23. The predicted molar refractivity (Wildman–Crippen MR) is 35.9 cm³/mol. The minimum Gasteiger partial charge on any atom is -0.382 e. The van der Waals surface area contributed by atoms with Gasteiger partial charge in [-0.1, -0.05) is 0 Å². The molecule has 0 spiro atoms. The molecule has 0 atom stereocenters. The second-order valence-corrected chi connectivity index (χ2v) is 2.07. The zero-order valence-electron chi connectivity index (χ0n) is 5.76. The van der Waals surface area contributed by atoms with Crippen LogP contribution in [0.25, 0.3) is 0 Å². The first kappa shape index (κ1) is 8.57. The van der Waals surface area contributed by atoms with Gasteiger partial charge in [0, 0.05) is 0 Å². The molecule has 0 fully saturated rings. The Bertz CT molecular complexity index is 295. The van der Waals surface area contributed by atoms with Crippen molar-refractivity contribution in [1.82, 2.24) is 10.2 Å². The average Bonchev–Trinajstić information content (AvgIpc) is 1.92. The van der Waals surface area contributed by atoms with Gasteiger partial charge >= 0.3 is 6.18 Å². The molecule has 0 aromatic carbocycles. The molecule has 0 aliphatic rings. The van der Waals surface area contributed by atoms with Crippen molar-refractivity contribution in [2.24, 2.45) is 0 Å². The second kappa shape index (κ2) is 2.50. The lowest BCUT2D eigenvalue weighted by Crippen LogP contribution is -2.12. The molecular weight excluding hydrogens is 173 g/mol. The van der Waals surface area contributed by atoms with Crippen molar-refractivity contribution in [3.8, 4) is 0 Å². The van der Waals surface area contributed by atoms with Crippen LogP contribution < -0.4 is 11.5 Å². The fourth-order valence-electron chi connectivity index (χ4n) is 0.643. The minimum absolute atomic E-state index is 0.309. The van der Waals surface area contributed by atoms with E-state index in [9.17, 15) is 13.2 Å². The van der Waals surface area contributed by atoms with Gasteiger partial charge in [-0.2, -0.15) is 13.2 Å². The first-order valence-electron chi connectivity index (χ1n) is 2.87. The van der Waals surface area contributed by atoms with Crippen LogP contribution in [0, 0.1) is 0 Å². The standard InChI is InChI=1S/C5H5F3N4/c6-5(7,8)2-1-3(9)11-12-4(2)10/h1H,(H2,9,11)(H2,10,12). The van der Waals surface area contributed by atoms with Crippen molar-refractivity contribution in [3.63, 3.8) is 0 Å². The quantitative estimate of drug-likeness (QED) is 0.611. The SMILES string of the molecule is Nc1cc(C(F)(F)F)c(N)nn1. The molecule has 0 amide bonds. The largest absolute Gasteiger partial charge is 0.420 e. The van der Waals surface area contributed by atoms with Gasteiger partial charge in [0.15, 0.2) is 5.82 Å². The summed E-state index contributed by atoms with van der Waals surface area (Å²) in [5, 5.41) is 6.18. The Morgan fingerprint density at radius 1 is 1.17 bits per heavy atom. The van der Waals surface area contributed by atoms with Gasteiger partial charge in [-0.15, -0.1) is 10.2 Å². The van der Waals surface area contributed by atoms with Crippen LogP contribution in [0.1, 0.15) is 5.56 Å². The molecule has 0 saturated carbocycles. The summed E-state index contributed by atoms with van der Waals surface area (Å²) in [6, 6.07) is 0.641. The van der Waals surface area contributed by atoms with Crippen molar-refractivity contribution >= 4 is 11.6 Å². The van der Waals surface area contributed by atoms with E-state index < -0.39 is 17.6 Å². The maximum Gasteiger partial charge on any atom is 0.420 e. The van der Waals surface area contributed by atoms with E-state index in [2.05, 4.69) is 10.2 Å². The van der Waals surface area contributed by atoms with Gasteiger partial charge in [0.25, 0.3) is 0 Å². The van der Waals surface area contributed by atoms with Crippen molar-refractivity contribution in [3.05, 3.63) is 11.6 Å². The number of hydrogen-bond donors (Lipinski definition) is 2. The van der Waals surface area contributed by atoms with E-state index in [4.69, 9.17) is 11.5 Å². The third-order valence-electron chi connectivity index (χ3n) is 1.15. The van der Waals surface area contributed by atoms with Crippen LogP contribution >= 0.6 is 0 Å². The number of aromatic nitrogens is 2. The highest BCUT2D eigenvalue weighted by molar-refractivity contribution is 5.45. The Morgan fingerprint density at radius 3 is 2.17 bits per heavy atom. The van der Waals surface area contributed by atoms with Crippen molar-refractivity contribution in [2.45, 2.75) is 6.18 Å². The number of nitrogen functional groups attached to an aromatic ring is 2. The molecule has 1 rings (SSSR count). The number of nitrogens with zero attached hydrogens (tertiary/aromatic N) is 2. The molecular formula is C5H5F3N4. The van der Waals surface area contributed by atoms with E-state index in [-0.39, 0.29) is 5.82 Å². The smallest absolute Gasteiger partial charge is 0.382 e. The van der Waals surface area contributed by atoms with E-state index in [1.807, 2.05) is 0 Å². The van der Waals surface area contributed by atoms with E-state index in [0.29, 0.717) is 6.07 Å². The molecule has 66 valence electrons. The molecule has 1 heterocycles. The highest BCUT2D eigenvalue weighted by atomic mass is 19.4. The zero-order valence-corrected chi connectivity index (χ0v) is 5.76. The fraction of sp³-hybridized carbons (Fsp3) is 0.200. The molecule has 7 heteroatoms. The molecule has 12 heavy (non-hydrogen) atoms. The van der Waals surface area contributed by atoms with Gasteiger partial charge in [-0.05, 0) is 6.07 Å². The minimum atomic E-state index is -4.53. The van der Waals surface area contributed by atoms with Crippen LogP contribution in [0.4, 0.5) is 24.8 Å². The van der Waals surface area contributed by atoms with Crippen LogP contribution in [-0.4, -0.2) is 10.2 Å². The van der Waals surface area contributed by atoms with Crippen LogP contribution in [0.5, 0.6) is 0 Å². The Morgan fingerprint density at radius 2 is 1.75 bits per heavy atom. The number of hydrogen-bond acceptors (Lipinski definition) is 4. The van der Waals surface area contributed by atoms with E-state index in [1.54, 1.807) is 0 Å². The predicted octanol–water partition coefficient (Wildman–Crippen LogP) is 0.660. The van der Waals surface area contributed by atoms with Crippen LogP contribution in [-0.2, 0) is 6.18 Å². The maximum absolute atomic E-state index is 12.0. The van der Waals surface area contributed by atoms with Crippen molar-refractivity contribution in [2.75, 3.05) is 11.5 Å². The Kier molecular flexibility index (Phi) is 1.79. The topological polar surface area (TPSA) is 77.8 Å². The molecule has 4 N–H and O–H groups in total. The van der Waals surface area contributed by atoms with Gasteiger partial charge in [-0.3, -0.25) is 0 Å². The molecule has 1 aromatic rings. The first-order chi connectivity index (χ1) is 5.41. The number of nitrogens with two attached hydrogens (primary N) is 2. The maximum atomic E-state index is 12.0. The average molecular weight is 178 g/mol. The molecule has 4 nitrogen and oxygen atoms in total. The Labute approximate surface area is 65.4 Å². The molecule has 0 aliphatic heterocycles. The third kappa shape index (κ3) is 1.55. The number of rotatable bonds is 0. The summed E-state index contributed by atoms with van der Waals surface area (Å²) >= 11 is 0. The molecule has 0 radical (unpaired) electrons. The summed E-state index contributed by atoms with van der Waals surface area (Å²) in [4.78, 5) is 0. The molecule has 0 unspecified atom stereocenters. The van der Waals surface area contributed by atoms with Gasteiger partial charge in [0.05, 0.1) is 0 Å². The number of halogens is 3. The van der Waals surface area contributed by atoms with E-state index >= 15 is 0 Å². The normalized spacial score (nSPS) is 11.6. The van der Waals surface area contributed by atoms with Crippen LogP contribution in [0.2, 0.25) is 0 Å². The third-order valence-corrected chi connectivity index (χ3v) is 1.15. The number of anilines is 2. The summed E-state index contributed by atoms with van der Waals surface area (Å²) in [5.41, 5.74) is 8.86. The number of alkyl halides is 3. The van der Waals surface area contributed by atoms with Gasteiger partial charge in [0.2, 0.25) is 0 Å². The second-order valence-electron chi connectivity index (χ2n) is 2.07. The van der Waals surface area contributed by atoms with E-state index in [1.165, 1.54) is 0 Å². The lowest BCUT2D eigenvalue weighted by atomic mass is 10.2. The van der Waals surface area contributed by atoms with Gasteiger partial charge in [0.1, 0.15) is 11.4 Å². The summed E-state index contributed by atoms with van der Waals surface area (Å²) in [6.07, 6.45) is -4.53. The van der Waals surface area contributed by atoms with Crippen LogP contribution in [0.15, 0.2) is 6.07 Å². The van der Waals surface area contributed by atoms with Gasteiger partial charge < -0.3 is 11.5 Å². The molecule has 0 bridgehead atoms. The summed E-state index contributed by atoms with van der Waals surface area (Å²) < 4.78 is 36.1. The lowest BCUT2D eigenvalue weighted by Gasteiger charge is -2.07. The Hall–Kier alpha value is -1.53. The highest BCUT2D eigenvalue weighted by Crippen LogP contribution is 2.32. The summed E-state index contributed by atoms with van der Waals surface area (Å²) in [6.45, 7) is 0. The highest BCUT2D eigenvalue weighted by Gasteiger charge is 2.34. The van der Waals surface area contributed by atoms with E-state index in [0.717, 1.165) is 0 Å². The summed E-state index contributed by atoms with van der Waals surface area (Å²) in [5.74, 6) is -0.978. The van der Waals surface area contributed by atoms with Gasteiger partial charge in [-0.25, -0.2) is 0 Å². The molecule has 0 aliphatic carbocycles. The lowest BCUT2D eigenvalue weighted by molar-refractivity contribution is -0.137. The van der Waals surface area contributed by atoms with Crippen LogP contribution in [0.3, 0.4) is 0 Å². The molecule has 1 aromatic heterocycles. The zero-order chi connectivity index (χ0) is 9.35. The monoisotopic (exact) mass is 178 g/mol. The summed E-state index contributed by atoms with van der Waals surface area (Å²) in [7, 11) is 0. The first-order valence-corrected chi connectivity index (χ1v) is 2.87. The van der Waals surface area contributed by atoms with Crippen molar-refractivity contribution in [1.29, 1.82) is 0 Å².